The standard InChI is InChI=1S/C19H18N6OS4/c1-11-20-14(9-29-11)17-22-23-19(25(17)2)30-10-15-21-16(24-26-15)12-3-5-13(6-4-12)18-27-7-8-28-18/h3-6,9,18H,7-8,10H2,1-2H3. The predicted molar refractivity (Wildman–Crippen MR) is 124 cm³/mol. The van der Waals surface area contributed by atoms with E-state index in [9.17, 15) is 0 Å². The van der Waals surface area contributed by atoms with Crippen LogP contribution in [0.2, 0.25) is 0 Å². The molecule has 0 spiro atoms. The van der Waals surface area contributed by atoms with Crippen molar-refractivity contribution in [2.75, 3.05) is 11.5 Å². The van der Waals surface area contributed by atoms with Gasteiger partial charge in [0.05, 0.1) is 15.3 Å². The van der Waals surface area contributed by atoms with Crippen LogP contribution in [0.15, 0.2) is 39.3 Å². The van der Waals surface area contributed by atoms with Gasteiger partial charge in [-0.05, 0) is 12.5 Å². The molecule has 0 atom stereocenters. The Morgan fingerprint density at radius 2 is 1.93 bits per heavy atom. The van der Waals surface area contributed by atoms with Crippen molar-refractivity contribution in [2.45, 2.75) is 22.4 Å². The Balaban J connectivity index is 1.25. The third-order valence-corrected chi connectivity index (χ3v) is 9.42. The first-order chi connectivity index (χ1) is 14.7. The zero-order chi connectivity index (χ0) is 20.5. The van der Waals surface area contributed by atoms with Crippen LogP contribution >= 0.6 is 46.6 Å². The number of thiazole rings is 1. The summed E-state index contributed by atoms with van der Waals surface area (Å²) in [5.74, 6) is 4.91. The van der Waals surface area contributed by atoms with Crippen molar-refractivity contribution >= 4 is 46.6 Å². The lowest BCUT2D eigenvalue weighted by Crippen LogP contribution is -1.95. The molecule has 1 aliphatic heterocycles. The molecule has 0 radical (unpaired) electrons. The van der Waals surface area contributed by atoms with Crippen molar-refractivity contribution in [2.24, 2.45) is 7.05 Å². The molecule has 11 heteroatoms. The number of hydrogen-bond donors (Lipinski definition) is 0. The lowest BCUT2D eigenvalue weighted by Gasteiger charge is -2.07. The molecule has 1 aliphatic rings. The number of nitrogens with zero attached hydrogens (tertiary/aromatic N) is 6. The Labute approximate surface area is 190 Å². The highest BCUT2D eigenvalue weighted by molar-refractivity contribution is 8.19. The van der Waals surface area contributed by atoms with Crippen molar-refractivity contribution in [3.05, 3.63) is 46.1 Å². The number of thioether (sulfide) groups is 3. The highest BCUT2D eigenvalue weighted by Crippen LogP contribution is 2.45. The number of rotatable bonds is 6. The molecule has 4 heterocycles. The van der Waals surface area contributed by atoms with Crippen molar-refractivity contribution in [3.8, 4) is 22.9 Å². The fraction of sp³-hybridized carbons (Fsp3) is 0.316. The second-order valence-electron chi connectivity index (χ2n) is 6.61. The van der Waals surface area contributed by atoms with E-state index in [2.05, 4.69) is 49.6 Å². The average Bonchev–Trinajstić information content (AvgIpc) is 3.55. The van der Waals surface area contributed by atoms with Crippen LogP contribution in [0, 0.1) is 6.92 Å². The van der Waals surface area contributed by atoms with Gasteiger partial charge in [0, 0.05) is 29.5 Å². The summed E-state index contributed by atoms with van der Waals surface area (Å²) in [5.41, 5.74) is 3.16. The third kappa shape index (κ3) is 4.16. The summed E-state index contributed by atoms with van der Waals surface area (Å²) in [4.78, 5) is 9.03. The summed E-state index contributed by atoms with van der Waals surface area (Å²) >= 11 is 7.12. The molecule has 0 unspecified atom stereocenters. The maximum absolute atomic E-state index is 5.45. The normalized spacial score (nSPS) is 14.6. The summed E-state index contributed by atoms with van der Waals surface area (Å²) in [6.07, 6.45) is 0. The molecule has 1 fully saturated rings. The molecule has 0 saturated carbocycles. The van der Waals surface area contributed by atoms with Gasteiger partial charge in [-0.25, -0.2) is 4.98 Å². The quantitative estimate of drug-likeness (QED) is 0.356. The number of benzene rings is 1. The van der Waals surface area contributed by atoms with Gasteiger partial charge in [0.25, 0.3) is 0 Å². The Hall–Kier alpha value is -1.82. The van der Waals surface area contributed by atoms with E-state index in [1.165, 1.54) is 28.8 Å². The Kier molecular flexibility index (Phi) is 5.85. The molecular formula is C19H18N6OS4. The van der Waals surface area contributed by atoms with E-state index in [-0.39, 0.29) is 0 Å². The van der Waals surface area contributed by atoms with Crippen LogP contribution in [0.1, 0.15) is 21.0 Å². The lowest BCUT2D eigenvalue weighted by molar-refractivity contribution is 0.391. The van der Waals surface area contributed by atoms with Gasteiger partial charge in [-0.2, -0.15) is 4.98 Å². The summed E-state index contributed by atoms with van der Waals surface area (Å²) in [7, 11) is 1.94. The molecule has 0 bridgehead atoms. The van der Waals surface area contributed by atoms with Gasteiger partial charge < -0.3 is 9.09 Å². The summed E-state index contributed by atoms with van der Waals surface area (Å²) in [6.45, 7) is 1.98. The molecule has 1 aromatic carbocycles. The lowest BCUT2D eigenvalue weighted by atomic mass is 10.1. The number of aryl methyl sites for hydroxylation is 1. The van der Waals surface area contributed by atoms with E-state index in [1.807, 2.05) is 47.4 Å². The van der Waals surface area contributed by atoms with Crippen molar-refractivity contribution < 1.29 is 4.52 Å². The van der Waals surface area contributed by atoms with Crippen molar-refractivity contribution in [1.29, 1.82) is 0 Å². The van der Waals surface area contributed by atoms with Crippen LogP contribution in [0.25, 0.3) is 22.9 Å². The maximum Gasteiger partial charge on any atom is 0.237 e. The molecule has 0 aliphatic carbocycles. The first kappa shape index (κ1) is 20.1. The summed E-state index contributed by atoms with van der Waals surface area (Å²) < 4.78 is 7.93. The molecule has 3 aromatic heterocycles. The molecule has 30 heavy (non-hydrogen) atoms. The van der Waals surface area contributed by atoms with Gasteiger partial charge in [-0.15, -0.1) is 45.1 Å². The van der Waals surface area contributed by atoms with E-state index in [1.54, 1.807) is 11.3 Å². The molecule has 154 valence electrons. The fourth-order valence-electron chi connectivity index (χ4n) is 3.03. The van der Waals surface area contributed by atoms with Gasteiger partial charge in [-0.1, -0.05) is 41.2 Å². The average molecular weight is 475 g/mol. The minimum atomic E-state index is 0.530. The van der Waals surface area contributed by atoms with Crippen LogP contribution in [-0.4, -0.2) is 41.4 Å². The number of hydrogen-bond acceptors (Lipinski definition) is 10. The van der Waals surface area contributed by atoms with Crippen LogP contribution in [0.3, 0.4) is 0 Å². The maximum atomic E-state index is 5.45. The predicted octanol–water partition coefficient (Wildman–Crippen LogP) is 5.07. The zero-order valence-corrected chi connectivity index (χ0v) is 19.6. The monoisotopic (exact) mass is 474 g/mol. The molecule has 4 aromatic rings. The van der Waals surface area contributed by atoms with E-state index in [0.717, 1.165) is 27.2 Å². The SMILES string of the molecule is Cc1nc(-c2nnc(SCc3nc(-c4ccc(C5SCCS5)cc4)no3)n2C)cs1. The van der Waals surface area contributed by atoms with Crippen molar-refractivity contribution in [3.63, 3.8) is 0 Å². The molecule has 5 rings (SSSR count). The minimum Gasteiger partial charge on any atom is -0.338 e. The Morgan fingerprint density at radius 3 is 2.67 bits per heavy atom. The fourth-order valence-corrected chi connectivity index (χ4v) is 7.23. The first-order valence-electron chi connectivity index (χ1n) is 9.28. The van der Waals surface area contributed by atoms with E-state index < -0.39 is 0 Å². The molecule has 0 amide bonds. The highest BCUT2D eigenvalue weighted by atomic mass is 32.2. The van der Waals surface area contributed by atoms with Gasteiger partial charge in [-0.3, -0.25) is 0 Å². The molecule has 7 nitrogen and oxygen atoms in total. The first-order valence-corrected chi connectivity index (χ1v) is 13.2. The van der Waals surface area contributed by atoms with Crippen LogP contribution < -0.4 is 0 Å². The topological polar surface area (TPSA) is 82.5 Å². The summed E-state index contributed by atoms with van der Waals surface area (Å²) in [6, 6.07) is 8.47. The smallest absolute Gasteiger partial charge is 0.237 e. The number of aromatic nitrogens is 6. The van der Waals surface area contributed by atoms with E-state index in [0.29, 0.717) is 22.0 Å². The van der Waals surface area contributed by atoms with Crippen LogP contribution in [0.4, 0.5) is 0 Å². The second-order valence-corrected chi connectivity index (χ2v) is 11.3. The Morgan fingerprint density at radius 1 is 1.13 bits per heavy atom. The third-order valence-electron chi connectivity index (χ3n) is 4.54. The second kappa shape index (κ2) is 8.74. The molecule has 0 N–H and O–H groups in total. The highest BCUT2D eigenvalue weighted by Gasteiger charge is 2.19. The Bertz CT molecular complexity index is 1150. The van der Waals surface area contributed by atoms with Gasteiger partial charge in [0.2, 0.25) is 11.7 Å². The van der Waals surface area contributed by atoms with Gasteiger partial charge in [0.15, 0.2) is 11.0 Å². The van der Waals surface area contributed by atoms with Crippen LogP contribution in [0.5, 0.6) is 0 Å². The van der Waals surface area contributed by atoms with Crippen molar-refractivity contribution in [1.82, 2.24) is 29.9 Å². The van der Waals surface area contributed by atoms with Gasteiger partial charge >= 0.3 is 0 Å². The van der Waals surface area contributed by atoms with Crippen LogP contribution in [-0.2, 0) is 12.8 Å². The molecule has 1 saturated heterocycles. The van der Waals surface area contributed by atoms with E-state index >= 15 is 0 Å². The van der Waals surface area contributed by atoms with E-state index in [4.69, 9.17) is 4.52 Å². The largest absolute Gasteiger partial charge is 0.338 e. The summed E-state index contributed by atoms with van der Waals surface area (Å²) in [5, 5.41) is 16.5. The zero-order valence-electron chi connectivity index (χ0n) is 16.3. The molecular weight excluding hydrogens is 457 g/mol. The van der Waals surface area contributed by atoms with Gasteiger partial charge in [0.1, 0.15) is 5.69 Å². The minimum absolute atomic E-state index is 0.530.